The van der Waals surface area contributed by atoms with Crippen LogP contribution in [-0.2, 0) is 10.0 Å². The van der Waals surface area contributed by atoms with E-state index in [4.69, 9.17) is 10.9 Å². The van der Waals surface area contributed by atoms with Crippen LogP contribution in [0.3, 0.4) is 0 Å². The first-order valence-corrected chi connectivity index (χ1v) is 8.70. The first kappa shape index (κ1) is 16.2. The highest BCUT2D eigenvalue weighted by Crippen LogP contribution is 2.31. The largest absolute Gasteiger partial charge is 0.365 e. The molecule has 0 radical (unpaired) electrons. The molecule has 7 heteroatoms. The first-order valence-electron chi connectivity index (χ1n) is 7.15. The Morgan fingerprint density at radius 2 is 2.14 bits per heavy atom. The van der Waals surface area contributed by atoms with Gasteiger partial charge in [0.05, 0.1) is 10.6 Å². The lowest BCUT2D eigenvalue weighted by atomic mass is 9.88. The molecule has 1 saturated heterocycles. The smallest absolute Gasteiger partial charge is 0.238 e. The lowest BCUT2D eigenvalue weighted by Crippen LogP contribution is -2.47. The van der Waals surface area contributed by atoms with E-state index in [0.29, 0.717) is 18.2 Å². The van der Waals surface area contributed by atoms with E-state index in [1.807, 2.05) is 4.90 Å². The number of benzene rings is 1. The fourth-order valence-electron chi connectivity index (χ4n) is 2.94. The molecule has 118 valence electrons. The van der Waals surface area contributed by atoms with Gasteiger partial charge >= 0.3 is 0 Å². The van der Waals surface area contributed by atoms with Crippen molar-refractivity contribution in [1.29, 1.82) is 0 Å². The van der Waals surface area contributed by atoms with Crippen molar-refractivity contribution in [2.45, 2.75) is 37.1 Å². The molecule has 2 atom stereocenters. The molecule has 0 aliphatic carbocycles. The Balaban J connectivity index is 2.29. The number of nitrogens with two attached hydrogens (primary N) is 2. The number of rotatable bonds is 4. The average Bonchev–Trinajstić information content (AvgIpc) is 2.45. The SMILES string of the molecule is CCC1CCN(c2ccc(S(N)(=O)=O)cc2F)C(CN)C1. The first-order chi connectivity index (χ1) is 9.86. The molecular formula is C14H22FN3O2S. The lowest BCUT2D eigenvalue weighted by Gasteiger charge is -2.40. The molecule has 2 unspecified atom stereocenters. The second kappa shape index (κ2) is 6.29. The van der Waals surface area contributed by atoms with Crippen LogP contribution >= 0.6 is 0 Å². The third-order valence-corrected chi connectivity index (χ3v) is 5.14. The number of anilines is 1. The van der Waals surface area contributed by atoms with Crippen LogP contribution in [0.15, 0.2) is 23.1 Å². The van der Waals surface area contributed by atoms with Crippen molar-refractivity contribution in [3.05, 3.63) is 24.0 Å². The molecule has 1 aromatic rings. The maximum Gasteiger partial charge on any atom is 0.238 e. The summed E-state index contributed by atoms with van der Waals surface area (Å²) in [6, 6.07) is 3.88. The predicted octanol–water partition coefficient (Wildman–Crippen LogP) is 1.43. The maximum atomic E-state index is 14.3. The van der Waals surface area contributed by atoms with Crippen LogP contribution in [-0.4, -0.2) is 27.5 Å². The summed E-state index contributed by atoms with van der Waals surface area (Å²) in [4.78, 5) is 1.73. The van der Waals surface area contributed by atoms with Crippen molar-refractivity contribution in [2.24, 2.45) is 16.8 Å². The standard InChI is InChI=1S/C14H22FN3O2S/c1-2-10-5-6-18(11(7-10)9-16)14-4-3-12(8-13(14)15)21(17,19)20/h3-4,8,10-11H,2,5-7,9,16H2,1H3,(H2,17,19,20). The number of primary sulfonamides is 1. The zero-order chi connectivity index (χ0) is 15.6. The van der Waals surface area contributed by atoms with Crippen molar-refractivity contribution in [3.8, 4) is 0 Å². The van der Waals surface area contributed by atoms with Crippen molar-refractivity contribution in [1.82, 2.24) is 0 Å². The van der Waals surface area contributed by atoms with Gasteiger partial charge in [-0.25, -0.2) is 17.9 Å². The van der Waals surface area contributed by atoms with Gasteiger partial charge in [-0.15, -0.1) is 0 Å². The number of piperidine rings is 1. The number of hydrogen-bond donors (Lipinski definition) is 2. The summed E-state index contributed by atoms with van der Waals surface area (Å²) < 4.78 is 36.8. The minimum Gasteiger partial charge on any atom is -0.365 e. The quantitative estimate of drug-likeness (QED) is 0.879. The monoisotopic (exact) mass is 315 g/mol. The summed E-state index contributed by atoms with van der Waals surface area (Å²) in [5.74, 6) is 0.0384. The van der Waals surface area contributed by atoms with Crippen molar-refractivity contribution in [2.75, 3.05) is 18.0 Å². The number of nitrogens with zero attached hydrogens (tertiary/aromatic N) is 1. The molecule has 1 fully saturated rings. The summed E-state index contributed by atoms with van der Waals surface area (Å²) >= 11 is 0. The molecule has 4 N–H and O–H groups in total. The highest BCUT2D eigenvalue weighted by molar-refractivity contribution is 7.89. The summed E-state index contributed by atoms with van der Waals surface area (Å²) in [6.45, 7) is 3.33. The highest BCUT2D eigenvalue weighted by Gasteiger charge is 2.28. The molecule has 0 spiro atoms. The Hall–Kier alpha value is -1.18. The third-order valence-electron chi connectivity index (χ3n) is 4.23. The van der Waals surface area contributed by atoms with Gasteiger partial charge < -0.3 is 10.6 Å². The topological polar surface area (TPSA) is 89.4 Å². The van der Waals surface area contributed by atoms with Crippen molar-refractivity contribution >= 4 is 15.7 Å². The van der Waals surface area contributed by atoms with Gasteiger partial charge in [-0.05, 0) is 37.0 Å². The lowest BCUT2D eigenvalue weighted by molar-refractivity contribution is 0.333. The van der Waals surface area contributed by atoms with Crippen LogP contribution < -0.4 is 15.8 Å². The second-order valence-electron chi connectivity index (χ2n) is 5.54. The minimum atomic E-state index is -3.89. The van der Waals surface area contributed by atoms with E-state index in [-0.39, 0.29) is 10.9 Å². The van der Waals surface area contributed by atoms with E-state index < -0.39 is 15.8 Å². The summed E-state index contributed by atoms with van der Waals surface area (Å²) in [7, 11) is -3.89. The molecule has 1 aliphatic rings. The van der Waals surface area contributed by atoms with Crippen LogP contribution in [0.4, 0.5) is 10.1 Å². The third kappa shape index (κ3) is 3.53. The van der Waals surface area contributed by atoms with Gasteiger partial charge in [0.2, 0.25) is 10.0 Å². The van der Waals surface area contributed by atoms with E-state index in [9.17, 15) is 12.8 Å². The van der Waals surface area contributed by atoms with Crippen LogP contribution in [0.25, 0.3) is 0 Å². The van der Waals surface area contributed by atoms with E-state index in [2.05, 4.69) is 6.92 Å². The predicted molar refractivity (Wildman–Crippen MR) is 81.0 cm³/mol. The number of halogens is 1. The van der Waals surface area contributed by atoms with Crippen LogP contribution in [0, 0.1) is 11.7 Å². The van der Waals surface area contributed by atoms with E-state index in [1.165, 1.54) is 12.1 Å². The van der Waals surface area contributed by atoms with Gasteiger partial charge in [0, 0.05) is 19.1 Å². The molecular weight excluding hydrogens is 293 g/mol. The number of sulfonamides is 1. The van der Waals surface area contributed by atoms with Gasteiger partial charge in [-0.3, -0.25) is 0 Å². The van der Waals surface area contributed by atoms with E-state index >= 15 is 0 Å². The van der Waals surface area contributed by atoms with E-state index in [0.717, 1.165) is 31.9 Å². The zero-order valence-electron chi connectivity index (χ0n) is 12.1. The number of hydrogen-bond acceptors (Lipinski definition) is 4. The van der Waals surface area contributed by atoms with E-state index in [1.54, 1.807) is 0 Å². The molecule has 2 rings (SSSR count). The molecule has 21 heavy (non-hydrogen) atoms. The summed E-state index contributed by atoms with van der Waals surface area (Å²) in [5.41, 5.74) is 6.21. The Morgan fingerprint density at radius 1 is 1.43 bits per heavy atom. The van der Waals surface area contributed by atoms with Crippen LogP contribution in [0.5, 0.6) is 0 Å². The Bertz CT molecular complexity index is 606. The fraction of sp³-hybridized carbons (Fsp3) is 0.571. The highest BCUT2D eigenvalue weighted by atomic mass is 32.2. The molecule has 1 heterocycles. The van der Waals surface area contributed by atoms with Crippen molar-refractivity contribution < 1.29 is 12.8 Å². The van der Waals surface area contributed by atoms with Gasteiger partial charge in [-0.2, -0.15) is 0 Å². The second-order valence-corrected chi connectivity index (χ2v) is 7.10. The molecule has 0 aromatic heterocycles. The average molecular weight is 315 g/mol. The molecule has 1 aliphatic heterocycles. The molecule has 0 amide bonds. The molecule has 5 nitrogen and oxygen atoms in total. The van der Waals surface area contributed by atoms with Crippen molar-refractivity contribution in [3.63, 3.8) is 0 Å². The Kier molecular flexibility index (Phi) is 4.85. The zero-order valence-corrected chi connectivity index (χ0v) is 12.9. The molecule has 0 saturated carbocycles. The normalized spacial score (nSPS) is 23.3. The molecule has 0 bridgehead atoms. The van der Waals surface area contributed by atoms with Gasteiger partial charge in [0.1, 0.15) is 5.82 Å². The summed E-state index contributed by atoms with van der Waals surface area (Å²) in [6.07, 6.45) is 3.02. The van der Waals surface area contributed by atoms with Gasteiger partial charge in [-0.1, -0.05) is 13.3 Å². The Labute approximate surface area is 125 Å². The molecule has 1 aromatic carbocycles. The maximum absolute atomic E-state index is 14.3. The summed E-state index contributed by atoms with van der Waals surface area (Å²) in [5, 5.41) is 5.02. The van der Waals surface area contributed by atoms with Gasteiger partial charge in [0.25, 0.3) is 0 Å². The van der Waals surface area contributed by atoms with Crippen LogP contribution in [0.2, 0.25) is 0 Å². The van der Waals surface area contributed by atoms with Gasteiger partial charge in [0.15, 0.2) is 0 Å². The Morgan fingerprint density at radius 3 is 2.67 bits per heavy atom. The fourth-order valence-corrected chi connectivity index (χ4v) is 3.47. The van der Waals surface area contributed by atoms with Crippen LogP contribution in [0.1, 0.15) is 26.2 Å². The minimum absolute atomic E-state index is 0.0820.